The summed E-state index contributed by atoms with van der Waals surface area (Å²) in [6.45, 7) is 7.62. The van der Waals surface area contributed by atoms with Gasteiger partial charge in [0.05, 0.1) is 10.7 Å². The molecule has 1 aliphatic heterocycles. The van der Waals surface area contributed by atoms with Crippen molar-refractivity contribution in [3.05, 3.63) is 23.2 Å². The molecule has 0 aromatic heterocycles. The molecule has 0 saturated carbocycles. The number of anilines is 2. The normalized spacial score (nSPS) is 15.2. The SMILES string of the molecule is CC(C)(C)C(=O)NC(=S)Nc1ccc(N2CCCCC2)c(Cl)c1. The van der Waals surface area contributed by atoms with E-state index in [9.17, 15) is 4.79 Å². The van der Waals surface area contributed by atoms with Gasteiger partial charge in [0.2, 0.25) is 5.91 Å². The monoisotopic (exact) mass is 353 g/mol. The van der Waals surface area contributed by atoms with Crippen LogP contribution in [-0.2, 0) is 4.79 Å². The maximum absolute atomic E-state index is 11.9. The molecule has 1 aromatic carbocycles. The summed E-state index contributed by atoms with van der Waals surface area (Å²) in [4.78, 5) is 14.2. The molecule has 4 nitrogen and oxygen atoms in total. The predicted molar refractivity (Wildman–Crippen MR) is 101 cm³/mol. The van der Waals surface area contributed by atoms with E-state index in [2.05, 4.69) is 15.5 Å². The van der Waals surface area contributed by atoms with Crippen LogP contribution in [0.5, 0.6) is 0 Å². The molecular formula is C17H24ClN3OS. The number of piperidine rings is 1. The van der Waals surface area contributed by atoms with Crippen molar-refractivity contribution in [3.63, 3.8) is 0 Å². The first-order valence-corrected chi connectivity index (χ1v) is 8.73. The number of thiocarbonyl (C=S) groups is 1. The van der Waals surface area contributed by atoms with Gasteiger partial charge in [-0.3, -0.25) is 4.79 Å². The average Bonchev–Trinajstić information content (AvgIpc) is 2.47. The van der Waals surface area contributed by atoms with E-state index in [1.807, 2.05) is 39.0 Å². The van der Waals surface area contributed by atoms with E-state index in [4.69, 9.17) is 23.8 Å². The third kappa shape index (κ3) is 5.08. The van der Waals surface area contributed by atoms with Crippen LogP contribution < -0.4 is 15.5 Å². The van der Waals surface area contributed by atoms with Crippen LogP contribution in [0.25, 0.3) is 0 Å². The first-order valence-electron chi connectivity index (χ1n) is 7.94. The van der Waals surface area contributed by atoms with Gasteiger partial charge in [0.15, 0.2) is 5.11 Å². The largest absolute Gasteiger partial charge is 0.370 e. The van der Waals surface area contributed by atoms with Gasteiger partial charge in [-0.15, -0.1) is 0 Å². The lowest BCUT2D eigenvalue weighted by atomic mass is 9.96. The van der Waals surface area contributed by atoms with Crippen molar-refractivity contribution in [1.82, 2.24) is 5.32 Å². The fraction of sp³-hybridized carbons (Fsp3) is 0.529. The van der Waals surface area contributed by atoms with E-state index in [1.54, 1.807) is 0 Å². The van der Waals surface area contributed by atoms with Crippen LogP contribution in [0.15, 0.2) is 18.2 Å². The Morgan fingerprint density at radius 3 is 2.43 bits per heavy atom. The molecule has 0 aliphatic carbocycles. The number of nitrogens with one attached hydrogen (secondary N) is 2. The molecule has 1 saturated heterocycles. The van der Waals surface area contributed by atoms with Gasteiger partial charge in [-0.1, -0.05) is 32.4 Å². The Balaban J connectivity index is 2.00. The van der Waals surface area contributed by atoms with Crippen molar-refractivity contribution in [1.29, 1.82) is 0 Å². The Morgan fingerprint density at radius 2 is 1.87 bits per heavy atom. The summed E-state index contributed by atoms with van der Waals surface area (Å²) in [5.74, 6) is -0.119. The zero-order valence-corrected chi connectivity index (χ0v) is 15.5. The fourth-order valence-electron chi connectivity index (χ4n) is 2.43. The molecule has 23 heavy (non-hydrogen) atoms. The molecule has 0 unspecified atom stereocenters. The van der Waals surface area contributed by atoms with Crippen LogP contribution in [-0.4, -0.2) is 24.1 Å². The second-order valence-electron chi connectivity index (χ2n) is 6.87. The summed E-state index contributed by atoms with van der Waals surface area (Å²) < 4.78 is 0. The van der Waals surface area contributed by atoms with Crippen molar-refractivity contribution >= 4 is 46.2 Å². The number of halogens is 1. The second-order valence-corrected chi connectivity index (χ2v) is 7.69. The van der Waals surface area contributed by atoms with E-state index < -0.39 is 5.41 Å². The van der Waals surface area contributed by atoms with E-state index in [-0.39, 0.29) is 11.0 Å². The van der Waals surface area contributed by atoms with Crippen molar-refractivity contribution in [2.75, 3.05) is 23.3 Å². The maximum Gasteiger partial charge on any atom is 0.231 e. The third-order valence-electron chi connectivity index (χ3n) is 3.81. The number of hydrogen-bond acceptors (Lipinski definition) is 3. The smallest absolute Gasteiger partial charge is 0.231 e. The van der Waals surface area contributed by atoms with Crippen molar-refractivity contribution in [3.8, 4) is 0 Å². The molecule has 126 valence electrons. The van der Waals surface area contributed by atoms with Gasteiger partial charge < -0.3 is 15.5 Å². The summed E-state index contributed by atoms with van der Waals surface area (Å²) in [6.07, 6.45) is 3.70. The lowest BCUT2D eigenvalue weighted by Gasteiger charge is -2.29. The van der Waals surface area contributed by atoms with E-state index in [0.29, 0.717) is 5.02 Å². The van der Waals surface area contributed by atoms with Gasteiger partial charge in [0, 0.05) is 24.2 Å². The van der Waals surface area contributed by atoms with E-state index >= 15 is 0 Å². The highest BCUT2D eigenvalue weighted by Gasteiger charge is 2.22. The van der Waals surface area contributed by atoms with Gasteiger partial charge in [-0.05, 0) is 49.7 Å². The molecular weight excluding hydrogens is 330 g/mol. The van der Waals surface area contributed by atoms with Crippen LogP contribution in [0.2, 0.25) is 5.02 Å². The Kier molecular flexibility index (Phi) is 5.87. The molecule has 1 amide bonds. The number of benzene rings is 1. The summed E-state index contributed by atoms with van der Waals surface area (Å²) in [7, 11) is 0. The molecule has 1 aliphatic rings. The molecule has 1 aromatic rings. The highest BCUT2D eigenvalue weighted by molar-refractivity contribution is 7.80. The fourth-order valence-corrected chi connectivity index (χ4v) is 2.94. The molecule has 0 bridgehead atoms. The quantitative estimate of drug-likeness (QED) is 0.782. The summed E-state index contributed by atoms with van der Waals surface area (Å²) in [5, 5.41) is 6.69. The third-order valence-corrected chi connectivity index (χ3v) is 4.32. The van der Waals surface area contributed by atoms with Crippen molar-refractivity contribution in [2.24, 2.45) is 5.41 Å². The predicted octanol–water partition coefficient (Wildman–Crippen LogP) is 4.19. The minimum absolute atomic E-state index is 0.119. The molecule has 2 rings (SSSR count). The zero-order valence-electron chi connectivity index (χ0n) is 13.9. The van der Waals surface area contributed by atoms with Crippen molar-refractivity contribution < 1.29 is 4.79 Å². The lowest BCUT2D eigenvalue weighted by Crippen LogP contribution is -2.41. The van der Waals surface area contributed by atoms with Gasteiger partial charge in [-0.2, -0.15) is 0 Å². The second kappa shape index (κ2) is 7.49. The Bertz CT molecular complexity index is 592. The molecule has 1 heterocycles. The number of carbonyl (C=O) groups excluding carboxylic acids is 1. The molecule has 1 fully saturated rings. The van der Waals surface area contributed by atoms with Crippen LogP contribution in [0, 0.1) is 5.41 Å². The lowest BCUT2D eigenvalue weighted by molar-refractivity contribution is -0.126. The maximum atomic E-state index is 11.9. The average molecular weight is 354 g/mol. The van der Waals surface area contributed by atoms with E-state index in [0.717, 1.165) is 24.5 Å². The van der Waals surface area contributed by atoms with Crippen LogP contribution >= 0.6 is 23.8 Å². The Morgan fingerprint density at radius 1 is 1.22 bits per heavy atom. The highest BCUT2D eigenvalue weighted by Crippen LogP contribution is 2.30. The molecule has 6 heteroatoms. The topological polar surface area (TPSA) is 44.4 Å². The van der Waals surface area contributed by atoms with Crippen LogP contribution in [0.3, 0.4) is 0 Å². The molecule has 0 atom stereocenters. The first kappa shape index (κ1) is 18.0. The number of amides is 1. The minimum Gasteiger partial charge on any atom is -0.370 e. The number of rotatable bonds is 2. The minimum atomic E-state index is -0.485. The number of nitrogens with zero attached hydrogens (tertiary/aromatic N) is 1. The van der Waals surface area contributed by atoms with Crippen LogP contribution in [0.1, 0.15) is 40.0 Å². The first-order chi connectivity index (χ1) is 10.8. The van der Waals surface area contributed by atoms with Crippen LogP contribution in [0.4, 0.5) is 11.4 Å². The summed E-state index contributed by atoms with van der Waals surface area (Å²) in [5.41, 5.74) is 1.35. The molecule has 0 radical (unpaired) electrons. The zero-order chi connectivity index (χ0) is 17.0. The summed E-state index contributed by atoms with van der Waals surface area (Å²) >= 11 is 11.6. The summed E-state index contributed by atoms with van der Waals surface area (Å²) in [6, 6.07) is 5.79. The van der Waals surface area contributed by atoms with Gasteiger partial charge in [0.1, 0.15) is 0 Å². The molecule has 0 spiro atoms. The highest BCUT2D eigenvalue weighted by atomic mass is 35.5. The van der Waals surface area contributed by atoms with Gasteiger partial charge in [-0.25, -0.2) is 0 Å². The van der Waals surface area contributed by atoms with Gasteiger partial charge in [0.25, 0.3) is 0 Å². The molecule has 2 N–H and O–H groups in total. The van der Waals surface area contributed by atoms with Crippen molar-refractivity contribution in [2.45, 2.75) is 40.0 Å². The number of hydrogen-bond donors (Lipinski definition) is 2. The Labute approximate surface area is 148 Å². The number of carbonyl (C=O) groups is 1. The van der Waals surface area contributed by atoms with Gasteiger partial charge >= 0.3 is 0 Å². The standard InChI is InChI=1S/C17H24ClN3OS/c1-17(2,3)15(22)20-16(23)19-12-7-8-14(13(18)11-12)21-9-5-4-6-10-21/h7-8,11H,4-6,9-10H2,1-3H3,(H2,19,20,22,23). The van der Waals surface area contributed by atoms with E-state index in [1.165, 1.54) is 19.3 Å². The Hall–Kier alpha value is -1.33.